The molecule has 6 nitrogen and oxygen atoms in total. The minimum Gasteiger partial charge on any atom is -0.406 e. The van der Waals surface area contributed by atoms with Crippen molar-refractivity contribution in [3.8, 4) is 5.75 Å². The lowest BCUT2D eigenvalue weighted by Crippen LogP contribution is -2.17. The van der Waals surface area contributed by atoms with Crippen LogP contribution in [0.5, 0.6) is 5.75 Å². The van der Waals surface area contributed by atoms with Gasteiger partial charge in [0.05, 0.1) is 11.9 Å². The number of nitrogens with zero attached hydrogens (tertiary/aromatic N) is 2. The van der Waals surface area contributed by atoms with Gasteiger partial charge in [-0.3, -0.25) is 9.48 Å². The van der Waals surface area contributed by atoms with E-state index in [0.717, 1.165) is 12.8 Å². The molecular formula is C19H20F3N3O3. The van der Waals surface area contributed by atoms with Crippen LogP contribution in [0, 0.1) is 0 Å². The van der Waals surface area contributed by atoms with Gasteiger partial charge in [0.1, 0.15) is 11.5 Å². The molecular weight excluding hydrogens is 375 g/mol. The van der Waals surface area contributed by atoms with Crippen LogP contribution in [0.15, 0.2) is 42.7 Å². The number of carbonyl (C=O) groups is 2. The Kier molecular flexibility index (Phi) is 7.36. The first-order chi connectivity index (χ1) is 13.2. The van der Waals surface area contributed by atoms with Crippen molar-refractivity contribution in [3.63, 3.8) is 0 Å². The number of amides is 1. The molecule has 0 aliphatic heterocycles. The number of ketones is 1. The normalized spacial score (nSPS) is 11.6. The molecule has 0 atom stereocenters. The van der Waals surface area contributed by atoms with Gasteiger partial charge in [0.15, 0.2) is 0 Å². The Bertz CT molecular complexity index is 844. The smallest absolute Gasteiger partial charge is 0.406 e. The molecule has 1 amide bonds. The molecule has 1 aromatic carbocycles. The van der Waals surface area contributed by atoms with Crippen molar-refractivity contribution in [3.05, 3.63) is 48.3 Å². The van der Waals surface area contributed by atoms with Gasteiger partial charge in [-0.25, -0.2) is 0 Å². The summed E-state index contributed by atoms with van der Waals surface area (Å²) < 4.78 is 42.2. The van der Waals surface area contributed by atoms with E-state index in [0.29, 0.717) is 24.2 Å². The molecule has 0 bridgehead atoms. The number of halogens is 3. The zero-order valence-electron chi connectivity index (χ0n) is 15.2. The van der Waals surface area contributed by atoms with E-state index in [1.165, 1.54) is 36.5 Å². The van der Waals surface area contributed by atoms with Crippen molar-refractivity contribution < 1.29 is 27.5 Å². The number of carbonyl (C=O) groups excluding carboxylic acids is 2. The molecule has 0 saturated heterocycles. The van der Waals surface area contributed by atoms with Gasteiger partial charge in [-0.15, -0.1) is 13.2 Å². The third kappa shape index (κ3) is 8.07. The molecule has 0 saturated carbocycles. The minimum atomic E-state index is -4.77. The lowest BCUT2D eigenvalue weighted by atomic mass is 10.2. The maximum atomic E-state index is 12.2. The molecule has 1 N–H and O–H groups in total. The average molecular weight is 395 g/mol. The topological polar surface area (TPSA) is 73.2 Å². The maximum Gasteiger partial charge on any atom is 0.573 e. The number of aromatic nitrogens is 2. The number of alkyl halides is 3. The highest BCUT2D eigenvalue weighted by Crippen LogP contribution is 2.23. The lowest BCUT2D eigenvalue weighted by molar-refractivity contribution is -0.274. The molecule has 9 heteroatoms. The van der Waals surface area contributed by atoms with Crippen molar-refractivity contribution in [1.82, 2.24) is 9.78 Å². The quantitative estimate of drug-likeness (QED) is 0.510. The summed E-state index contributed by atoms with van der Waals surface area (Å²) in [5, 5.41) is 6.74. The van der Waals surface area contributed by atoms with Crippen LogP contribution in [-0.2, 0) is 16.1 Å². The summed E-state index contributed by atoms with van der Waals surface area (Å²) in [4.78, 5) is 22.9. The van der Waals surface area contributed by atoms with Crippen LogP contribution >= 0.6 is 0 Å². The van der Waals surface area contributed by atoms with Gasteiger partial charge in [-0.1, -0.05) is 12.1 Å². The van der Waals surface area contributed by atoms with E-state index in [-0.39, 0.29) is 11.5 Å². The Morgan fingerprint density at radius 3 is 2.79 bits per heavy atom. The average Bonchev–Trinajstić information content (AvgIpc) is 3.03. The van der Waals surface area contributed by atoms with Gasteiger partial charge in [0.25, 0.3) is 0 Å². The predicted molar refractivity (Wildman–Crippen MR) is 97.5 cm³/mol. The maximum absolute atomic E-state index is 12.2. The molecule has 1 heterocycles. The molecule has 1 aromatic heterocycles. The van der Waals surface area contributed by atoms with Gasteiger partial charge in [0.2, 0.25) is 5.91 Å². The van der Waals surface area contributed by atoms with Gasteiger partial charge in [-0.05, 0) is 43.5 Å². The number of rotatable bonds is 9. The van der Waals surface area contributed by atoms with Crippen LogP contribution in [0.1, 0.15) is 31.7 Å². The van der Waals surface area contributed by atoms with E-state index in [2.05, 4.69) is 15.2 Å². The van der Waals surface area contributed by atoms with Crippen LogP contribution in [-0.4, -0.2) is 27.8 Å². The molecule has 2 aromatic rings. The highest BCUT2D eigenvalue weighted by Gasteiger charge is 2.31. The number of hydrogen-bond acceptors (Lipinski definition) is 4. The summed E-state index contributed by atoms with van der Waals surface area (Å²) in [7, 11) is 0. The first-order valence-electron chi connectivity index (χ1n) is 8.58. The summed E-state index contributed by atoms with van der Waals surface area (Å²) in [6.07, 6.45) is 3.08. The van der Waals surface area contributed by atoms with Crippen LogP contribution in [0.4, 0.5) is 18.9 Å². The molecule has 0 aliphatic rings. The second-order valence-corrected chi connectivity index (χ2v) is 6.09. The van der Waals surface area contributed by atoms with Crippen molar-refractivity contribution in [1.29, 1.82) is 0 Å². The fourth-order valence-electron chi connectivity index (χ4n) is 2.37. The Balaban J connectivity index is 1.85. The fourth-order valence-corrected chi connectivity index (χ4v) is 2.37. The fraction of sp³-hybridized carbons (Fsp3) is 0.316. The summed E-state index contributed by atoms with van der Waals surface area (Å²) in [6.45, 7) is 2.18. The van der Waals surface area contributed by atoms with E-state index in [1.54, 1.807) is 23.9 Å². The molecule has 0 aliphatic carbocycles. The molecule has 0 radical (unpaired) electrons. The van der Waals surface area contributed by atoms with Crippen LogP contribution in [0.25, 0.3) is 6.08 Å². The monoisotopic (exact) mass is 395 g/mol. The molecule has 0 unspecified atom stereocenters. The van der Waals surface area contributed by atoms with Crippen LogP contribution < -0.4 is 10.1 Å². The Hall–Kier alpha value is -3.10. The number of nitrogens with one attached hydrogen (secondary N) is 1. The van der Waals surface area contributed by atoms with Crippen LogP contribution in [0.3, 0.4) is 0 Å². The number of unbranched alkanes of at least 4 members (excludes halogenated alkanes) is 1. The number of benzene rings is 1. The second kappa shape index (κ2) is 9.72. The number of aryl methyl sites for hydroxylation is 1. The zero-order valence-corrected chi connectivity index (χ0v) is 15.2. The van der Waals surface area contributed by atoms with Crippen molar-refractivity contribution in [2.45, 2.75) is 39.1 Å². The largest absolute Gasteiger partial charge is 0.573 e. The Morgan fingerprint density at radius 2 is 2.07 bits per heavy atom. The highest BCUT2D eigenvalue weighted by atomic mass is 19.4. The third-order valence-electron chi connectivity index (χ3n) is 3.59. The first-order valence-corrected chi connectivity index (χ1v) is 8.58. The molecule has 2 rings (SSSR count). The van der Waals surface area contributed by atoms with E-state index < -0.39 is 12.3 Å². The molecule has 0 fully saturated rings. The summed E-state index contributed by atoms with van der Waals surface area (Å²) in [5.41, 5.74) is 0.883. The number of anilines is 1. The van der Waals surface area contributed by atoms with Crippen molar-refractivity contribution >= 4 is 23.5 Å². The second-order valence-electron chi connectivity index (χ2n) is 6.09. The Morgan fingerprint density at radius 1 is 1.29 bits per heavy atom. The molecule has 28 heavy (non-hydrogen) atoms. The zero-order chi connectivity index (χ0) is 20.6. The van der Waals surface area contributed by atoms with Crippen LogP contribution in [0.2, 0.25) is 0 Å². The Labute approximate surface area is 160 Å². The van der Waals surface area contributed by atoms with E-state index in [1.807, 2.05) is 0 Å². The highest BCUT2D eigenvalue weighted by molar-refractivity contribution is 6.01. The standard InChI is InChI=1S/C19H20F3N3O3/c1-14(26)5-2-3-10-25-13-16(12-23-25)24-18(27)9-8-15-6-4-7-17(11-15)28-19(20,21)22/h4,6-9,11-13H,2-3,5,10H2,1H3,(H,24,27)/b9-8+. The molecule has 0 spiro atoms. The van der Waals surface area contributed by atoms with Crippen molar-refractivity contribution in [2.24, 2.45) is 0 Å². The van der Waals surface area contributed by atoms with E-state index >= 15 is 0 Å². The number of ether oxygens (including phenoxy) is 1. The van der Waals surface area contributed by atoms with Crippen molar-refractivity contribution in [2.75, 3.05) is 5.32 Å². The summed E-state index contributed by atoms with van der Waals surface area (Å²) in [6, 6.07) is 5.30. The summed E-state index contributed by atoms with van der Waals surface area (Å²) in [5.74, 6) is -0.657. The third-order valence-corrected chi connectivity index (χ3v) is 3.59. The lowest BCUT2D eigenvalue weighted by Gasteiger charge is -2.08. The summed E-state index contributed by atoms with van der Waals surface area (Å²) >= 11 is 0. The van der Waals surface area contributed by atoms with Gasteiger partial charge < -0.3 is 14.8 Å². The first kappa shape index (κ1) is 21.2. The number of Topliss-reactive ketones (excluding diaryl/α,β-unsaturated/α-hetero) is 1. The minimum absolute atomic E-state index is 0.149. The van der Waals surface area contributed by atoms with E-state index in [9.17, 15) is 22.8 Å². The van der Waals surface area contributed by atoms with Gasteiger partial charge >= 0.3 is 6.36 Å². The molecule has 150 valence electrons. The van der Waals surface area contributed by atoms with Gasteiger partial charge in [-0.2, -0.15) is 5.10 Å². The van der Waals surface area contributed by atoms with E-state index in [4.69, 9.17) is 0 Å². The van der Waals surface area contributed by atoms with Gasteiger partial charge in [0, 0.05) is 25.2 Å². The predicted octanol–water partition coefficient (Wildman–Crippen LogP) is 4.19. The number of hydrogen-bond donors (Lipinski definition) is 1. The SMILES string of the molecule is CC(=O)CCCCn1cc(NC(=O)/C=C/c2cccc(OC(F)(F)F)c2)cn1.